The molecule has 100 valence electrons. The maximum Gasteiger partial charge on any atom is 0.159 e. The normalized spacial score (nSPS) is 26.0. The Morgan fingerprint density at radius 3 is 2.72 bits per heavy atom. The van der Waals surface area contributed by atoms with E-state index in [-0.39, 0.29) is 18.2 Å². The van der Waals surface area contributed by atoms with Crippen LogP contribution in [0.2, 0.25) is 0 Å². The zero-order valence-electron chi connectivity index (χ0n) is 10.5. The lowest BCUT2D eigenvalue weighted by atomic mass is 9.92. The van der Waals surface area contributed by atoms with E-state index in [1.807, 2.05) is 6.92 Å². The molecule has 1 aromatic rings. The van der Waals surface area contributed by atoms with Crippen LogP contribution in [0.1, 0.15) is 44.2 Å². The van der Waals surface area contributed by atoms with Crippen molar-refractivity contribution in [2.75, 3.05) is 0 Å². The molecule has 0 radical (unpaired) electrons. The minimum absolute atomic E-state index is 0.0459. The summed E-state index contributed by atoms with van der Waals surface area (Å²) in [6.45, 7) is 1.92. The van der Waals surface area contributed by atoms with E-state index < -0.39 is 11.6 Å². The van der Waals surface area contributed by atoms with Gasteiger partial charge in [-0.2, -0.15) is 0 Å². The molecule has 1 aliphatic carbocycles. The first-order chi connectivity index (χ1) is 8.56. The summed E-state index contributed by atoms with van der Waals surface area (Å²) in [5, 5.41) is 13.0. The van der Waals surface area contributed by atoms with Gasteiger partial charge in [0, 0.05) is 12.1 Å². The molecule has 0 spiro atoms. The van der Waals surface area contributed by atoms with Gasteiger partial charge in [-0.15, -0.1) is 0 Å². The Bertz CT molecular complexity index is 411. The second-order valence-electron chi connectivity index (χ2n) is 5.08. The largest absolute Gasteiger partial charge is 0.393 e. The molecule has 0 heterocycles. The van der Waals surface area contributed by atoms with Crippen LogP contribution >= 0.6 is 0 Å². The van der Waals surface area contributed by atoms with Gasteiger partial charge >= 0.3 is 0 Å². The van der Waals surface area contributed by atoms with Gasteiger partial charge < -0.3 is 10.4 Å². The first-order valence-corrected chi connectivity index (χ1v) is 6.45. The van der Waals surface area contributed by atoms with Crippen molar-refractivity contribution >= 4 is 0 Å². The molecule has 3 unspecified atom stereocenters. The molecule has 1 fully saturated rings. The molecule has 3 atom stereocenters. The van der Waals surface area contributed by atoms with Crippen LogP contribution < -0.4 is 5.32 Å². The lowest BCUT2D eigenvalue weighted by Crippen LogP contribution is -2.37. The summed E-state index contributed by atoms with van der Waals surface area (Å²) in [6, 6.07) is 4.17. The molecule has 0 aliphatic heterocycles. The van der Waals surface area contributed by atoms with Crippen LogP contribution in [0.15, 0.2) is 18.2 Å². The number of benzene rings is 1. The van der Waals surface area contributed by atoms with E-state index in [1.165, 1.54) is 6.07 Å². The van der Waals surface area contributed by atoms with E-state index in [2.05, 4.69) is 5.32 Å². The molecule has 0 saturated heterocycles. The van der Waals surface area contributed by atoms with Crippen molar-refractivity contribution in [2.45, 2.75) is 50.8 Å². The van der Waals surface area contributed by atoms with Crippen LogP contribution in [0.4, 0.5) is 8.78 Å². The van der Waals surface area contributed by atoms with Crippen LogP contribution in [0.25, 0.3) is 0 Å². The topological polar surface area (TPSA) is 32.3 Å². The van der Waals surface area contributed by atoms with Gasteiger partial charge in [0.05, 0.1) is 6.10 Å². The molecule has 4 heteroatoms. The molecule has 2 nitrogen and oxygen atoms in total. The highest BCUT2D eigenvalue weighted by atomic mass is 19.2. The Morgan fingerprint density at radius 1 is 1.28 bits per heavy atom. The zero-order valence-corrected chi connectivity index (χ0v) is 10.5. The maximum absolute atomic E-state index is 13.1. The monoisotopic (exact) mass is 255 g/mol. The van der Waals surface area contributed by atoms with Crippen molar-refractivity contribution in [1.82, 2.24) is 5.32 Å². The second-order valence-corrected chi connectivity index (χ2v) is 5.08. The zero-order chi connectivity index (χ0) is 13.1. The van der Waals surface area contributed by atoms with Gasteiger partial charge in [0.15, 0.2) is 11.6 Å². The molecule has 1 saturated carbocycles. The molecular weight excluding hydrogens is 236 g/mol. The van der Waals surface area contributed by atoms with Gasteiger partial charge in [-0.3, -0.25) is 0 Å². The summed E-state index contributed by atoms with van der Waals surface area (Å²) in [6.07, 6.45) is 3.37. The average Bonchev–Trinajstić information content (AvgIpc) is 2.32. The minimum Gasteiger partial charge on any atom is -0.393 e. The lowest BCUT2D eigenvalue weighted by molar-refractivity contribution is 0.109. The fourth-order valence-electron chi connectivity index (χ4n) is 2.55. The Kier molecular flexibility index (Phi) is 4.30. The van der Waals surface area contributed by atoms with Gasteiger partial charge in [0.2, 0.25) is 0 Å². The molecule has 2 rings (SSSR count). The predicted octanol–water partition coefficient (Wildman–Crippen LogP) is 2.92. The number of aliphatic hydroxyl groups excluding tert-OH is 1. The molecule has 18 heavy (non-hydrogen) atoms. The number of halogens is 2. The van der Waals surface area contributed by atoms with Crippen molar-refractivity contribution in [3.8, 4) is 0 Å². The fraction of sp³-hybridized carbons (Fsp3) is 0.571. The molecule has 0 aromatic heterocycles. The van der Waals surface area contributed by atoms with Gasteiger partial charge in [-0.25, -0.2) is 8.78 Å². The molecule has 0 amide bonds. The summed E-state index contributed by atoms with van der Waals surface area (Å²) in [5.41, 5.74) is 0.731. The SMILES string of the molecule is CC(NC1CCCC(O)C1)c1ccc(F)c(F)c1. The summed E-state index contributed by atoms with van der Waals surface area (Å²) < 4.78 is 26.0. The molecule has 0 bridgehead atoms. The highest BCUT2D eigenvalue weighted by molar-refractivity contribution is 5.20. The van der Waals surface area contributed by atoms with E-state index in [9.17, 15) is 13.9 Å². The van der Waals surface area contributed by atoms with Crippen molar-refractivity contribution < 1.29 is 13.9 Å². The standard InChI is InChI=1S/C14H19F2NO/c1-9(10-5-6-13(15)14(16)7-10)17-11-3-2-4-12(18)8-11/h5-7,9,11-12,17-18H,2-4,8H2,1H3. The number of rotatable bonds is 3. The summed E-state index contributed by atoms with van der Waals surface area (Å²) >= 11 is 0. The molecule has 2 N–H and O–H groups in total. The number of hydrogen-bond donors (Lipinski definition) is 2. The predicted molar refractivity (Wildman–Crippen MR) is 66.2 cm³/mol. The Balaban J connectivity index is 1.98. The Hall–Kier alpha value is -1.00. The third-order valence-corrected chi connectivity index (χ3v) is 3.58. The fourth-order valence-corrected chi connectivity index (χ4v) is 2.55. The summed E-state index contributed by atoms with van der Waals surface area (Å²) in [7, 11) is 0. The van der Waals surface area contributed by atoms with E-state index in [4.69, 9.17) is 0 Å². The van der Waals surface area contributed by atoms with Gasteiger partial charge in [0.25, 0.3) is 0 Å². The highest BCUT2D eigenvalue weighted by Crippen LogP contribution is 2.22. The number of nitrogens with one attached hydrogen (secondary N) is 1. The van der Waals surface area contributed by atoms with Crippen LogP contribution in [-0.4, -0.2) is 17.3 Å². The molecular formula is C14H19F2NO. The number of aliphatic hydroxyl groups is 1. The van der Waals surface area contributed by atoms with Crippen molar-refractivity contribution in [3.63, 3.8) is 0 Å². The second kappa shape index (κ2) is 5.76. The van der Waals surface area contributed by atoms with Gasteiger partial charge in [0.1, 0.15) is 0 Å². The van der Waals surface area contributed by atoms with E-state index in [1.54, 1.807) is 6.07 Å². The van der Waals surface area contributed by atoms with Crippen molar-refractivity contribution in [1.29, 1.82) is 0 Å². The Labute approximate surface area is 106 Å². The smallest absolute Gasteiger partial charge is 0.159 e. The molecule has 1 aromatic carbocycles. The van der Waals surface area contributed by atoms with E-state index >= 15 is 0 Å². The molecule has 1 aliphatic rings. The number of hydrogen-bond acceptors (Lipinski definition) is 2. The minimum atomic E-state index is -0.820. The first kappa shape index (κ1) is 13.4. The van der Waals surface area contributed by atoms with Crippen molar-refractivity contribution in [3.05, 3.63) is 35.4 Å². The average molecular weight is 255 g/mol. The first-order valence-electron chi connectivity index (χ1n) is 6.45. The van der Waals surface area contributed by atoms with Gasteiger partial charge in [-0.1, -0.05) is 6.07 Å². The Morgan fingerprint density at radius 2 is 2.06 bits per heavy atom. The van der Waals surface area contributed by atoms with Crippen LogP contribution in [0.5, 0.6) is 0 Å². The van der Waals surface area contributed by atoms with E-state index in [0.717, 1.165) is 37.3 Å². The maximum atomic E-state index is 13.1. The van der Waals surface area contributed by atoms with Crippen LogP contribution in [-0.2, 0) is 0 Å². The van der Waals surface area contributed by atoms with E-state index in [0.29, 0.717) is 0 Å². The van der Waals surface area contributed by atoms with Crippen molar-refractivity contribution in [2.24, 2.45) is 0 Å². The van der Waals surface area contributed by atoms with Crippen LogP contribution in [0, 0.1) is 11.6 Å². The van der Waals surface area contributed by atoms with Crippen LogP contribution in [0.3, 0.4) is 0 Å². The van der Waals surface area contributed by atoms with Gasteiger partial charge in [-0.05, 0) is 50.3 Å². The summed E-state index contributed by atoms with van der Waals surface area (Å²) in [5.74, 6) is -1.64. The summed E-state index contributed by atoms with van der Waals surface area (Å²) in [4.78, 5) is 0. The lowest BCUT2D eigenvalue weighted by Gasteiger charge is -2.29. The quantitative estimate of drug-likeness (QED) is 0.870. The highest BCUT2D eigenvalue weighted by Gasteiger charge is 2.21. The third-order valence-electron chi connectivity index (χ3n) is 3.58. The third kappa shape index (κ3) is 3.27.